The van der Waals surface area contributed by atoms with Crippen LogP contribution in [0.3, 0.4) is 0 Å². The van der Waals surface area contributed by atoms with Crippen LogP contribution in [0, 0.1) is 0 Å². The van der Waals surface area contributed by atoms with Crippen molar-refractivity contribution in [3.63, 3.8) is 0 Å². The van der Waals surface area contributed by atoms with Crippen molar-refractivity contribution in [2.24, 2.45) is 0 Å². The predicted octanol–water partition coefficient (Wildman–Crippen LogP) is 3.15. The van der Waals surface area contributed by atoms with Crippen LogP contribution in [0.25, 0.3) is 0 Å². The molecule has 0 aliphatic carbocycles. The molecule has 0 amide bonds. The first-order chi connectivity index (χ1) is 10.3. The van der Waals surface area contributed by atoms with E-state index < -0.39 is 0 Å². The maximum absolute atomic E-state index is 6.08. The summed E-state index contributed by atoms with van der Waals surface area (Å²) >= 11 is 0. The second-order valence-electron chi connectivity index (χ2n) is 5.76. The highest BCUT2D eigenvalue weighted by molar-refractivity contribution is 5.33. The summed E-state index contributed by atoms with van der Waals surface area (Å²) < 4.78 is 11.3. The molecular formula is C18H19NO2. The lowest BCUT2D eigenvalue weighted by Crippen LogP contribution is -2.37. The molecule has 3 heteroatoms. The molecule has 4 rings (SSSR count). The summed E-state index contributed by atoms with van der Waals surface area (Å²) in [7, 11) is 1.69. The fraction of sp³-hybridized carbons (Fsp3) is 0.333. The number of benzene rings is 2. The van der Waals surface area contributed by atoms with Crippen molar-refractivity contribution >= 4 is 0 Å². The van der Waals surface area contributed by atoms with Crippen molar-refractivity contribution in [2.75, 3.05) is 13.7 Å². The average molecular weight is 281 g/mol. The van der Waals surface area contributed by atoms with Gasteiger partial charge in [0.2, 0.25) is 0 Å². The average Bonchev–Trinajstić information content (AvgIpc) is 2.95. The Morgan fingerprint density at radius 2 is 1.81 bits per heavy atom. The lowest BCUT2D eigenvalue weighted by Gasteiger charge is -2.33. The number of nitrogens with zero attached hydrogens (tertiary/aromatic N) is 1. The van der Waals surface area contributed by atoms with Gasteiger partial charge >= 0.3 is 0 Å². The first-order valence-electron chi connectivity index (χ1n) is 7.43. The number of methoxy groups -OCH3 is 1. The third-order valence-electron chi connectivity index (χ3n) is 4.54. The van der Waals surface area contributed by atoms with Gasteiger partial charge in [0.1, 0.15) is 12.0 Å². The van der Waals surface area contributed by atoms with Gasteiger partial charge in [0, 0.05) is 12.6 Å². The minimum atomic E-state index is 0.0641. The van der Waals surface area contributed by atoms with Gasteiger partial charge in [-0.25, -0.2) is 0 Å². The van der Waals surface area contributed by atoms with Gasteiger partial charge in [-0.1, -0.05) is 36.4 Å². The molecule has 2 heterocycles. The molecule has 3 nitrogen and oxygen atoms in total. The summed E-state index contributed by atoms with van der Waals surface area (Å²) in [5, 5.41) is 0. The molecule has 2 aromatic rings. The van der Waals surface area contributed by atoms with Gasteiger partial charge in [-0.3, -0.25) is 4.90 Å². The Morgan fingerprint density at radius 3 is 2.57 bits per heavy atom. The lowest BCUT2D eigenvalue weighted by atomic mass is 9.94. The van der Waals surface area contributed by atoms with Crippen molar-refractivity contribution < 1.29 is 9.47 Å². The van der Waals surface area contributed by atoms with Crippen LogP contribution >= 0.6 is 0 Å². The van der Waals surface area contributed by atoms with E-state index in [9.17, 15) is 0 Å². The van der Waals surface area contributed by atoms with E-state index in [4.69, 9.17) is 9.47 Å². The van der Waals surface area contributed by atoms with Crippen LogP contribution < -0.4 is 4.74 Å². The molecule has 0 N–H and O–H groups in total. The minimum Gasteiger partial charge on any atom is -0.497 e. The Kier molecular flexibility index (Phi) is 3.17. The Hall–Kier alpha value is -1.84. The second-order valence-corrected chi connectivity index (χ2v) is 5.76. The monoisotopic (exact) mass is 281 g/mol. The normalized spacial score (nSPS) is 24.4. The zero-order chi connectivity index (χ0) is 14.2. The van der Waals surface area contributed by atoms with E-state index in [0.29, 0.717) is 6.04 Å². The standard InChI is InChI=1S/C18H19NO2/c1-20-17-8-6-13(7-9-17)18-19-11-15-5-3-2-4-14(15)10-16(19)12-21-18/h2-9,16,18H,10-12H2,1H3/t16-,18?/m0/s1. The van der Waals surface area contributed by atoms with Gasteiger partial charge in [0.15, 0.2) is 0 Å². The van der Waals surface area contributed by atoms with E-state index in [2.05, 4.69) is 41.3 Å². The molecule has 1 saturated heterocycles. The van der Waals surface area contributed by atoms with Crippen molar-refractivity contribution in [1.29, 1.82) is 0 Å². The van der Waals surface area contributed by atoms with E-state index in [1.807, 2.05) is 12.1 Å². The first kappa shape index (κ1) is 12.9. The maximum Gasteiger partial charge on any atom is 0.137 e. The topological polar surface area (TPSA) is 21.7 Å². The maximum atomic E-state index is 6.08. The number of ether oxygens (including phenoxy) is 2. The summed E-state index contributed by atoms with van der Waals surface area (Å²) in [6.45, 7) is 1.78. The molecule has 0 spiro atoms. The van der Waals surface area contributed by atoms with E-state index >= 15 is 0 Å². The Balaban J connectivity index is 1.61. The number of hydrogen-bond acceptors (Lipinski definition) is 3. The van der Waals surface area contributed by atoms with Crippen LogP contribution in [0.4, 0.5) is 0 Å². The van der Waals surface area contributed by atoms with Crippen molar-refractivity contribution in [3.05, 3.63) is 65.2 Å². The molecule has 2 aromatic carbocycles. The van der Waals surface area contributed by atoms with Crippen molar-refractivity contribution in [3.8, 4) is 5.75 Å². The summed E-state index contributed by atoms with van der Waals surface area (Å²) in [4.78, 5) is 2.48. The third-order valence-corrected chi connectivity index (χ3v) is 4.54. The molecule has 21 heavy (non-hydrogen) atoms. The van der Waals surface area contributed by atoms with Crippen LogP contribution in [-0.4, -0.2) is 24.7 Å². The predicted molar refractivity (Wildman–Crippen MR) is 81.2 cm³/mol. The molecule has 2 aliphatic heterocycles. The zero-order valence-corrected chi connectivity index (χ0v) is 12.2. The fourth-order valence-electron chi connectivity index (χ4n) is 3.39. The molecule has 2 aliphatic rings. The fourth-order valence-corrected chi connectivity index (χ4v) is 3.39. The van der Waals surface area contributed by atoms with Crippen LogP contribution in [0.1, 0.15) is 22.9 Å². The van der Waals surface area contributed by atoms with Crippen molar-refractivity contribution in [2.45, 2.75) is 25.2 Å². The Labute approximate surface area is 125 Å². The van der Waals surface area contributed by atoms with Crippen LogP contribution in [0.5, 0.6) is 5.75 Å². The largest absolute Gasteiger partial charge is 0.497 e. The van der Waals surface area contributed by atoms with E-state index in [0.717, 1.165) is 25.3 Å². The quantitative estimate of drug-likeness (QED) is 0.844. The molecule has 108 valence electrons. The summed E-state index contributed by atoms with van der Waals surface area (Å²) in [5.74, 6) is 0.886. The first-order valence-corrected chi connectivity index (χ1v) is 7.43. The number of fused-ring (bicyclic) bond motifs is 2. The molecule has 1 unspecified atom stereocenters. The zero-order valence-electron chi connectivity index (χ0n) is 12.2. The van der Waals surface area contributed by atoms with Gasteiger partial charge in [0.25, 0.3) is 0 Å². The van der Waals surface area contributed by atoms with Crippen LogP contribution in [0.2, 0.25) is 0 Å². The van der Waals surface area contributed by atoms with Crippen LogP contribution in [-0.2, 0) is 17.7 Å². The van der Waals surface area contributed by atoms with Gasteiger partial charge in [0.05, 0.1) is 13.7 Å². The van der Waals surface area contributed by atoms with Gasteiger partial charge in [-0.2, -0.15) is 0 Å². The molecule has 0 radical (unpaired) electrons. The highest BCUT2D eigenvalue weighted by Crippen LogP contribution is 2.37. The lowest BCUT2D eigenvalue weighted by molar-refractivity contribution is 0.0227. The van der Waals surface area contributed by atoms with E-state index in [1.54, 1.807) is 7.11 Å². The molecule has 0 saturated carbocycles. The Bertz CT molecular complexity index is 638. The molecular weight excluding hydrogens is 262 g/mol. The van der Waals surface area contributed by atoms with Crippen molar-refractivity contribution in [1.82, 2.24) is 4.90 Å². The number of hydrogen-bond donors (Lipinski definition) is 0. The smallest absolute Gasteiger partial charge is 0.137 e. The minimum absolute atomic E-state index is 0.0641. The second kappa shape index (κ2) is 5.17. The highest BCUT2D eigenvalue weighted by atomic mass is 16.5. The highest BCUT2D eigenvalue weighted by Gasteiger charge is 2.38. The Morgan fingerprint density at radius 1 is 1.05 bits per heavy atom. The van der Waals surface area contributed by atoms with Gasteiger partial charge < -0.3 is 9.47 Å². The van der Waals surface area contributed by atoms with Gasteiger partial charge in [-0.15, -0.1) is 0 Å². The molecule has 1 fully saturated rings. The molecule has 0 bridgehead atoms. The number of rotatable bonds is 2. The van der Waals surface area contributed by atoms with Crippen LogP contribution in [0.15, 0.2) is 48.5 Å². The summed E-state index contributed by atoms with van der Waals surface area (Å²) in [6, 6.07) is 17.4. The molecule has 0 aromatic heterocycles. The molecule has 2 atom stereocenters. The third kappa shape index (κ3) is 2.23. The SMILES string of the molecule is COc1ccc(C2OC[C@@H]3Cc4ccccc4CN23)cc1. The van der Waals surface area contributed by atoms with Gasteiger partial charge in [-0.05, 0) is 35.2 Å². The summed E-state index contributed by atoms with van der Waals surface area (Å²) in [5.41, 5.74) is 4.10. The van der Waals surface area contributed by atoms with E-state index in [-0.39, 0.29) is 6.23 Å². The van der Waals surface area contributed by atoms with E-state index in [1.165, 1.54) is 16.7 Å². The summed E-state index contributed by atoms with van der Waals surface area (Å²) in [6.07, 6.45) is 1.15.